The summed E-state index contributed by atoms with van der Waals surface area (Å²) in [5.74, 6) is -1.37. The summed E-state index contributed by atoms with van der Waals surface area (Å²) in [5, 5.41) is 2.67. The number of hydrogen-bond donors (Lipinski definition) is 1. The summed E-state index contributed by atoms with van der Waals surface area (Å²) in [4.78, 5) is 27.2. The molecule has 1 aliphatic rings. The predicted molar refractivity (Wildman–Crippen MR) is 99.1 cm³/mol. The van der Waals surface area contributed by atoms with E-state index in [2.05, 4.69) is 5.32 Å². The molecule has 0 bridgehead atoms. The van der Waals surface area contributed by atoms with Crippen LogP contribution < -0.4 is 5.32 Å². The molecule has 136 valence electrons. The molecule has 2 aromatic carbocycles. The lowest BCUT2D eigenvalue weighted by molar-refractivity contribution is -0.137. The smallest absolute Gasteiger partial charge is 0.231 e. The third kappa shape index (κ3) is 3.77. The lowest BCUT2D eigenvalue weighted by atomic mass is 9.88. The summed E-state index contributed by atoms with van der Waals surface area (Å²) in [7, 11) is 0. The van der Waals surface area contributed by atoms with Gasteiger partial charge in [0, 0.05) is 24.7 Å². The Labute approximate surface area is 153 Å². The zero-order valence-electron chi connectivity index (χ0n) is 15.0. The van der Waals surface area contributed by atoms with Crippen LogP contribution in [0.3, 0.4) is 0 Å². The van der Waals surface area contributed by atoms with Crippen LogP contribution in [0.1, 0.15) is 43.7 Å². The van der Waals surface area contributed by atoms with Crippen LogP contribution in [0, 0.1) is 5.82 Å². The fourth-order valence-corrected chi connectivity index (χ4v) is 3.31. The van der Waals surface area contributed by atoms with Gasteiger partial charge in [-0.1, -0.05) is 43.3 Å². The SMILES string of the molecule is CCC(C)N(Cc1ccccc1)C(=O)C1CC(=O)Nc2cc(F)ccc21. The zero-order valence-corrected chi connectivity index (χ0v) is 15.0. The summed E-state index contributed by atoms with van der Waals surface area (Å²) >= 11 is 0. The van der Waals surface area contributed by atoms with E-state index in [1.54, 1.807) is 6.07 Å². The molecule has 26 heavy (non-hydrogen) atoms. The Morgan fingerprint density at radius 3 is 2.69 bits per heavy atom. The molecule has 0 fully saturated rings. The molecule has 0 spiro atoms. The zero-order chi connectivity index (χ0) is 18.7. The maximum Gasteiger partial charge on any atom is 0.231 e. The molecule has 5 heteroatoms. The van der Waals surface area contributed by atoms with E-state index in [1.807, 2.05) is 49.1 Å². The van der Waals surface area contributed by atoms with Gasteiger partial charge in [0.1, 0.15) is 5.82 Å². The molecule has 3 rings (SSSR count). The van der Waals surface area contributed by atoms with Gasteiger partial charge in [-0.05, 0) is 36.6 Å². The van der Waals surface area contributed by atoms with Crippen LogP contribution in [0.4, 0.5) is 10.1 Å². The Kier molecular flexibility index (Phi) is 5.35. The summed E-state index contributed by atoms with van der Waals surface area (Å²) in [5.41, 5.74) is 2.11. The molecule has 2 aromatic rings. The van der Waals surface area contributed by atoms with Crippen molar-refractivity contribution in [3.63, 3.8) is 0 Å². The molecule has 1 aliphatic heterocycles. The molecule has 1 heterocycles. The third-order valence-electron chi connectivity index (χ3n) is 4.95. The number of rotatable bonds is 5. The van der Waals surface area contributed by atoms with Gasteiger partial charge in [0.05, 0.1) is 5.92 Å². The molecule has 0 saturated heterocycles. The van der Waals surface area contributed by atoms with E-state index in [0.29, 0.717) is 17.8 Å². The van der Waals surface area contributed by atoms with Crippen molar-refractivity contribution in [3.05, 3.63) is 65.5 Å². The monoisotopic (exact) mass is 354 g/mol. The molecular formula is C21H23FN2O2. The molecule has 1 N–H and O–H groups in total. The second kappa shape index (κ2) is 7.68. The highest BCUT2D eigenvalue weighted by molar-refractivity contribution is 6.01. The van der Waals surface area contributed by atoms with Crippen LogP contribution in [0.2, 0.25) is 0 Å². The van der Waals surface area contributed by atoms with Gasteiger partial charge in [-0.15, -0.1) is 0 Å². The highest BCUT2D eigenvalue weighted by atomic mass is 19.1. The van der Waals surface area contributed by atoms with Crippen LogP contribution in [-0.2, 0) is 16.1 Å². The van der Waals surface area contributed by atoms with Crippen molar-refractivity contribution in [2.45, 2.75) is 45.2 Å². The molecule has 2 unspecified atom stereocenters. The first-order valence-corrected chi connectivity index (χ1v) is 8.93. The highest BCUT2D eigenvalue weighted by Crippen LogP contribution is 2.35. The number of amides is 2. The Morgan fingerprint density at radius 1 is 1.27 bits per heavy atom. The Hall–Kier alpha value is -2.69. The van der Waals surface area contributed by atoms with Crippen LogP contribution in [0.15, 0.2) is 48.5 Å². The Bertz CT molecular complexity index is 807. The number of hydrogen-bond acceptors (Lipinski definition) is 2. The first kappa shape index (κ1) is 18.1. The lowest BCUT2D eigenvalue weighted by Crippen LogP contribution is -2.42. The van der Waals surface area contributed by atoms with Gasteiger partial charge in [0.2, 0.25) is 11.8 Å². The van der Waals surface area contributed by atoms with Gasteiger partial charge in [-0.3, -0.25) is 9.59 Å². The minimum absolute atomic E-state index is 0.0385. The number of carbonyl (C=O) groups is 2. The molecule has 0 aromatic heterocycles. The Morgan fingerprint density at radius 2 is 2.00 bits per heavy atom. The topological polar surface area (TPSA) is 49.4 Å². The van der Waals surface area contributed by atoms with Gasteiger partial charge < -0.3 is 10.2 Å². The van der Waals surface area contributed by atoms with E-state index in [1.165, 1.54) is 12.1 Å². The van der Waals surface area contributed by atoms with Crippen molar-refractivity contribution >= 4 is 17.5 Å². The number of halogens is 1. The molecule has 0 saturated carbocycles. The second-order valence-electron chi connectivity index (χ2n) is 6.75. The highest BCUT2D eigenvalue weighted by Gasteiger charge is 2.35. The molecular weight excluding hydrogens is 331 g/mol. The van der Waals surface area contributed by atoms with E-state index >= 15 is 0 Å². The van der Waals surface area contributed by atoms with Crippen molar-refractivity contribution in [2.24, 2.45) is 0 Å². The number of nitrogens with zero attached hydrogens (tertiary/aromatic N) is 1. The number of nitrogens with one attached hydrogen (secondary N) is 1. The number of anilines is 1. The van der Waals surface area contributed by atoms with Gasteiger partial charge in [0.25, 0.3) is 0 Å². The van der Waals surface area contributed by atoms with Gasteiger partial charge in [-0.25, -0.2) is 4.39 Å². The Balaban J connectivity index is 1.93. The molecule has 0 radical (unpaired) electrons. The van der Waals surface area contributed by atoms with E-state index in [9.17, 15) is 14.0 Å². The molecule has 2 atom stereocenters. The molecule has 0 aliphatic carbocycles. The van der Waals surface area contributed by atoms with Crippen molar-refractivity contribution < 1.29 is 14.0 Å². The van der Waals surface area contributed by atoms with Crippen LogP contribution in [0.25, 0.3) is 0 Å². The minimum atomic E-state index is -0.586. The first-order valence-electron chi connectivity index (χ1n) is 8.93. The first-order chi connectivity index (χ1) is 12.5. The summed E-state index contributed by atoms with van der Waals surface area (Å²) in [6, 6.07) is 14.1. The quantitative estimate of drug-likeness (QED) is 0.880. The van der Waals surface area contributed by atoms with Crippen molar-refractivity contribution in [2.75, 3.05) is 5.32 Å². The predicted octanol–water partition coefficient (Wildman–Crippen LogP) is 4.08. The van der Waals surface area contributed by atoms with Crippen molar-refractivity contribution in [1.82, 2.24) is 4.90 Å². The van der Waals surface area contributed by atoms with Gasteiger partial charge >= 0.3 is 0 Å². The van der Waals surface area contributed by atoms with E-state index in [4.69, 9.17) is 0 Å². The van der Waals surface area contributed by atoms with Crippen LogP contribution >= 0.6 is 0 Å². The second-order valence-corrected chi connectivity index (χ2v) is 6.75. The maximum absolute atomic E-state index is 13.5. The summed E-state index contributed by atoms with van der Waals surface area (Å²) in [6.07, 6.45) is 0.896. The third-order valence-corrected chi connectivity index (χ3v) is 4.95. The molecule has 4 nitrogen and oxygen atoms in total. The average Bonchev–Trinajstić information content (AvgIpc) is 2.64. The van der Waals surface area contributed by atoms with E-state index in [0.717, 1.165) is 12.0 Å². The van der Waals surface area contributed by atoms with Crippen molar-refractivity contribution in [3.8, 4) is 0 Å². The summed E-state index contributed by atoms with van der Waals surface area (Å²) < 4.78 is 13.5. The number of carbonyl (C=O) groups excluding carboxylic acids is 2. The standard InChI is InChI=1S/C21H23FN2O2/c1-3-14(2)24(13-15-7-5-4-6-8-15)21(26)18-12-20(25)23-19-11-16(22)9-10-17(18)19/h4-11,14,18H,3,12-13H2,1-2H3,(H,23,25). The van der Waals surface area contributed by atoms with E-state index < -0.39 is 11.7 Å². The van der Waals surface area contributed by atoms with E-state index in [-0.39, 0.29) is 24.3 Å². The number of benzene rings is 2. The van der Waals surface area contributed by atoms with Gasteiger partial charge in [0.15, 0.2) is 0 Å². The maximum atomic E-state index is 13.5. The summed E-state index contributed by atoms with van der Waals surface area (Å²) in [6.45, 7) is 4.53. The minimum Gasteiger partial charge on any atom is -0.335 e. The largest absolute Gasteiger partial charge is 0.335 e. The van der Waals surface area contributed by atoms with Crippen molar-refractivity contribution in [1.29, 1.82) is 0 Å². The number of fused-ring (bicyclic) bond motifs is 1. The average molecular weight is 354 g/mol. The fraction of sp³-hybridized carbons (Fsp3) is 0.333. The lowest BCUT2D eigenvalue weighted by Gasteiger charge is -2.34. The molecule has 2 amide bonds. The van der Waals surface area contributed by atoms with Gasteiger partial charge in [-0.2, -0.15) is 0 Å². The normalized spacial score (nSPS) is 17.2. The van der Waals surface area contributed by atoms with Crippen LogP contribution in [-0.4, -0.2) is 22.8 Å². The fourth-order valence-electron chi connectivity index (χ4n) is 3.31. The van der Waals surface area contributed by atoms with Crippen LogP contribution in [0.5, 0.6) is 0 Å².